The Kier molecular flexibility index (Phi) is 7.78. The van der Waals surface area contributed by atoms with Gasteiger partial charge in [-0.05, 0) is 23.8 Å². The summed E-state index contributed by atoms with van der Waals surface area (Å²) in [5.74, 6) is 0.666. The highest BCUT2D eigenvalue weighted by molar-refractivity contribution is 6.31. The van der Waals surface area contributed by atoms with Gasteiger partial charge >= 0.3 is 0 Å². The maximum absolute atomic E-state index is 13.1. The summed E-state index contributed by atoms with van der Waals surface area (Å²) in [5, 5.41) is 4.10. The van der Waals surface area contributed by atoms with Crippen molar-refractivity contribution in [2.45, 2.75) is 13.2 Å². The van der Waals surface area contributed by atoms with Gasteiger partial charge in [-0.1, -0.05) is 29.3 Å². The summed E-state index contributed by atoms with van der Waals surface area (Å²) in [6, 6.07) is 7.69. The number of hydrogen-bond donors (Lipinski definition) is 1. The second-order valence-electron chi connectivity index (χ2n) is 5.29. The third-order valence-electron chi connectivity index (χ3n) is 3.53. The standard InChI is InChI=1S/C18H20Cl2FNO3/c1-23-6-5-22-10-13-7-17(24-2)18(9-16(13)20)25-11-12-3-4-14(21)8-15(12)19/h3-4,7-9,22H,5-6,10-11H2,1-2H3. The molecule has 136 valence electrons. The Hall–Kier alpha value is -1.53. The molecule has 0 bridgehead atoms. The molecule has 0 saturated carbocycles. The normalized spacial score (nSPS) is 10.8. The highest BCUT2D eigenvalue weighted by Crippen LogP contribution is 2.34. The van der Waals surface area contributed by atoms with Crippen LogP contribution >= 0.6 is 23.2 Å². The van der Waals surface area contributed by atoms with Crippen molar-refractivity contribution >= 4 is 23.2 Å². The van der Waals surface area contributed by atoms with Crippen molar-refractivity contribution in [3.8, 4) is 11.5 Å². The fraction of sp³-hybridized carbons (Fsp3) is 0.333. The average Bonchev–Trinajstić information content (AvgIpc) is 2.59. The van der Waals surface area contributed by atoms with E-state index in [-0.39, 0.29) is 12.4 Å². The lowest BCUT2D eigenvalue weighted by Crippen LogP contribution is -2.18. The molecule has 0 heterocycles. The topological polar surface area (TPSA) is 39.7 Å². The monoisotopic (exact) mass is 387 g/mol. The molecule has 0 amide bonds. The van der Waals surface area contributed by atoms with Crippen LogP contribution in [0.1, 0.15) is 11.1 Å². The molecule has 0 aliphatic heterocycles. The minimum absolute atomic E-state index is 0.178. The molecule has 2 aromatic carbocycles. The van der Waals surface area contributed by atoms with Gasteiger partial charge in [0.15, 0.2) is 11.5 Å². The van der Waals surface area contributed by atoms with Crippen LogP contribution in [0.4, 0.5) is 4.39 Å². The summed E-state index contributed by atoms with van der Waals surface area (Å²) >= 11 is 12.3. The summed E-state index contributed by atoms with van der Waals surface area (Å²) in [6.07, 6.45) is 0. The van der Waals surface area contributed by atoms with Gasteiger partial charge in [0.2, 0.25) is 0 Å². The molecule has 0 aliphatic rings. The molecule has 0 radical (unpaired) electrons. The number of methoxy groups -OCH3 is 2. The summed E-state index contributed by atoms with van der Waals surface area (Å²) < 4.78 is 29.2. The van der Waals surface area contributed by atoms with Crippen molar-refractivity contribution < 1.29 is 18.6 Å². The van der Waals surface area contributed by atoms with Gasteiger partial charge in [0.05, 0.1) is 18.7 Å². The minimum Gasteiger partial charge on any atom is -0.493 e. The van der Waals surface area contributed by atoms with Crippen LogP contribution in [0.3, 0.4) is 0 Å². The molecule has 2 aromatic rings. The Morgan fingerprint density at radius 1 is 1.00 bits per heavy atom. The molecule has 0 spiro atoms. The minimum atomic E-state index is -0.389. The van der Waals surface area contributed by atoms with Gasteiger partial charge in [0, 0.05) is 36.9 Å². The number of ether oxygens (including phenoxy) is 3. The first-order valence-corrected chi connectivity index (χ1v) is 8.43. The van der Waals surface area contributed by atoms with Gasteiger partial charge in [-0.3, -0.25) is 0 Å². The molecule has 0 aromatic heterocycles. The molecule has 0 saturated heterocycles. The zero-order valence-electron chi connectivity index (χ0n) is 14.1. The molecule has 4 nitrogen and oxygen atoms in total. The molecule has 25 heavy (non-hydrogen) atoms. The van der Waals surface area contributed by atoms with E-state index < -0.39 is 0 Å². The van der Waals surface area contributed by atoms with Crippen LogP contribution in [0, 0.1) is 5.82 Å². The molecule has 2 rings (SSSR count). The van der Waals surface area contributed by atoms with E-state index in [4.69, 9.17) is 37.4 Å². The smallest absolute Gasteiger partial charge is 0.163 e. The molecule has 0 fully saturated rings. The van der Waals surface area contributed by atoms with E-state index in [1.807, 2.05) is 6.07 Å². The second kappa shape index (κ2) is 9.82. The quantitative estimate of drug-likeness (QED) is 0.644. The zero-order chi connectivity index (χ0) is 18.2. The van der Waals surface area contributed by atoms with E-state index in [1.54, 1.807) is 26.4 Å². The Bertz CT molecular complexity index is 713. The summed E-state index contributed by atoms with van der Waals surface area (Å²) in [7, 11) is 3.21. The summed E-state index contributed by atoms with van der Waals surface area (Å²) in [4.78, 5) is 0. The molecule has 7 heteroatoms. The maximum Gasteiger partial charge on any atom is 0.163 e. The maximum atomic E-state index is 13.1. The molecule has 1 N–H and O–H groups in total. The van der Waals surface area contributed by atoms with Crippen LogP contribution in [0.25, 0.3) is 0 Å². The number of halogens is 3. The van der Waals surface area contributed by atoms with Crippen molar-refractivity contribution in [3.63, 3.8) is 0 Å². The van der Waals surface area contributed by atoms with Gasteiger partial charge < -0.3 is 19.5 Å². The Morgan fingerprint density at radius 3 is 2.44 bits per heavy atom. The van der Waals surface area contributed by atoms with Crippen LogP contribution in [-0.4, -0.2) is 27.4 Å². The second-order valence-corrected chi connectivity index (χ2v) is 6.10. The lowest BCUT2D eigenvalue weighted by atomic mass is 10.2. The van der Waals surface area contributed by atoms with E-state index in [1.165, 1.54) is 12.1 Å². The zero-order valence-corrected chi connectivity index (χ0v) is 15.6. The first-order valence-electron chi connectivity index (χ1n) is 7.68. The SMILES string of the molecule is COCCNCc1cc(OC)c(OCc2ccc(F)cc2Cl)cc1Cl. The van der Waals surface area contributed by atoms with Crippen LogP contribution in [0.15, 0.2) is 30.3 Å². The molecular weight excluding hydrogens is 368 g/mol. The summed E-state index contributed by atoms with van der Waals surface area (Å²) in [5.41, 5.74) is 1.56. The van der Waals surface area contributed by atoms with Crippen LogP contribution < -0.4 is 14.8 Å². The van der Waals surface area contributed by atoms with E-state index in [9.17, 15) is 4.39 Å². The first kappa shape index (κ1) is 19.8. The lowest BCUT2D eigenvalue weighted by molar-refractivity contribution is 0.199. The van der Waals surface area contributed by atoms with Crippen LogP contribution in [0.5, 0.6) is 11.5 Å². The molecule has 0 unspecified atom stereocenters. The van der Waals surface area contributed by atoms with Crippen molar-refractivity contribution in [1.29, 1.82) is 0 Å². The number of nitrogens with one attached hydrogen (secondary N) is 1. The van der Waals surface area contributed by atoms with E-state index >= 15 is 0 Å². The van der Waals surface area contributed by atoms with Gasteiger partial charge in [0.1, 0.15) is 12.4 Å². The van der Waals surface area contributed by atoms with Gasteiger partial charge in [-0.25, -0.2) is 4.39 Å². The first-order chi connectivity index (χ1) is 12.0. The lowest BCUT2D eigenvalue weighted by Gasteiger charge is -2.15. The van der Waals surface area contributed by atoms with Crippen molar-refractivity contribution in [2.24, 2.45) is 0 Å². The predicted octanol–water partition coefficient (Wildman–Crippen LogP) is 4.46. The third-order valence-corrected chi connectivity index (χ3v) is 4.23. The molecule has 0 atom stereocenters. The van der Waals surface area contributed by atoms with E-state index in [0.717, 1.165) is 12.1 Å². The van der Waals surface area contributed by atoms with Crippen LogP contribution in [-0.2, 0) is 17.9 Å². The summed E-state index contributed by atoms with van der Waals surface area (Å²) in [6.45, 7) is 2.10. The molecular formula is C18H20Cl2FNO3. The average molecular weight is 388 g/mol. The Labute approximate surface area is 156 Å². The fourth-order valence-electron chi connectivity index (χ4n) is 2.18. The third kappa shape index (κ3) is 5.75. The van der Waals surface area contributed by atoms with Gasteiger partial charge in [-0.15, -0.1) is 0 Å². The van der Waals surface area contributed by atoms with Gasteiger partial charge in [-0.2, -0.15) is 0 Å². The Balaban J connectivity index is 2.08. The van der Waals surface area contributed by atoms with E-state index in [2.05, 4.69) is 5.32 Å². The number of hydrogen-bond acceptors (Lipinski definition) is 4. The Morgan fingerprint density at radius 2 is 1.76 bits per heavy atom. The van der Waals surface area contributed by atoms with Crippen molar-refractivity contribution in [2.75, 3.05) is 27.4 Å². The molecule has 0 aliphatic carbocycles. The van der Waals surface area contributed by atoms with E-state index in [0.29, 0.717) is 40.3 Å². The highest BCUT2D eigenvalue weighted by Gasteiger charge is 2.12. The largest absolute Gasteiger partial charge is 0.493 e. The number of rotatable bonds is 9. The number of benzene rings is 2. The van der Waals surface area contributed by atoms with Crippen molar-refractivity contribution in [1.82, 2.24) is 5.32 Å². The predicted molar refractivity (Wildman–Crippen MR) is 97.3 cm³/mol. The van der Waals surface area contributed by atoms with Crippen molar-refractivity contribution in [3.05, 3.63) is 57.3 Å². The van der Waals surface area contributed by atoms with Gasteiger partial charge in [0.25, 0.3) is 0 Å². The highest BCUT2D eigenvalue weighted by atomic mass is 35.5. The van der Waals surface area contributed by atoms with Crippen LogP contribution in [0.2, 0.25) is 10.0 Å². The fourth-order valence-corrected chi connectivity index (χ4v) is 2.62.